The molecule has 5 heterocycles. The van der Waals surface area contributed by atoms with Gasteiger partial charge in [0.15, 0.2) is 23.9 Å². The quantitative estimate of drug-likeness (QED) is 0.0252. The zero-order valence-electron chi connectivity index (χ0n) is 42.1. The predicted molar refractivity (Wildman–Crippen MR) is 288 cm³/mol. The van der Waals surface area contributed by atoms with Gasteiger partial charge in [-0.05, 0) is 86.6 Å². The third kappa shape index (κ3) is 16.2. The first-order valence-corrected chi connectivity index (χ1v) is 26.7. The summed E-state index contributed by atoms with van der Waals surface area (Å²) in [6, 6.07) is 29.7. The summed E-state index contributed by atoms with van der Waals surface area (Å²) in [5.41, 5.74) is 2.69. The Hall–Kier alpha value is -6.09. The molecule has 3 aromatic heterocycles. The van der Waals surface area contributed by atoms with E-state index in [4.69, 9.17) is 52.0 Å². The van der Waals surface area contributed by atoms with Crippen molar-refractivity contribution < 1.29 is 52.7 Å². The molecule has 0 amide bonds. The Morgan fingerprint density at radius 3 is 1.76 bits per heavy atom. The van der Waals surface area contributed by atoms with Gasteiger partial charge in [0.25, 0.3) is 0 Å². The summed E-state index contributed by atoms with van der Waals surface area (Å²) < 4.78 is 28.8. The average molecular weight is 1100 g/mol. The van der Waals surface area contributed by atoms with Gasteiger partial charge in [-0.3, -0.25) is 10.6 Å². The van der Waals surface area contributed by atoms with Crippen LogP contribution in [0.4, 0.5) is 0 Å². The maximum atomic E-state index is 13.6. The van der Waals surface area contributed by atoms with E-state index in [1.54, 1.807) is 36.4 Å². The number of nitrogens with one attached hydrogen (secondary N) is 2. The van der Waals surface area contributed by atoms with E-state index in [2.05, 4.69) is 27.5 Å². The van der Waals surface area contributed by atoms with E-state index >= 15 is 0 Å². The minimum atomic E-state index is -0.939. The highest BCUT2D eigenvalue weighted by Gasteiger charge is 2.30. The number of rotatable bonds is 22. The van der Waals surface area contributed by atoms with E-state index in [0.717, 1.165) is 59.9 Å². The minimum absolute atomic E-state index is 0.0948. The fraction of sp³-hybridized carbons (Fsp3) is 0.364. The first-order valence-electron chi connectivity index (χ1n) is 24.3. The molecule has 2 aliphatic heterocycles. The first-order chi connectivity index (χ1) is 36.2. The Labute approximate surface area is 454 Å². The number of pyridine rings is 1. The molecule has 0 saturated carbocycles. The summed E-state index contributed by atoms with van der Waals surface area (Å²) in [6.07, 6.45) is 3.77. The van der Waals surface area contributed by atoms with Crippen molar-refractivity contribution in [2.75, 3.05) is 67.7 Å². The molecule has 3 aromatic carbocycles. The van der Waals surface area contributed by atoms with Gasteiger partial charge in [0, 0.05) is 66.3 Å². The lowest BCUT2D eigenvalue weighted by Gasteiger charge is -2.35. The van der Waals surface area contributed by atoms with E-state index in [-0.39, 0.29) is 33.3 Å². The van der Waals surface area contributed by atoms with E-state index in [9.17, 15) is 24.4 Å². The molecule has 2 aliphatic rings. The Bertz CT molecular complexity index is 2830. The number of nitrogens with zero attached hydrogens (tertiary/aromatic N) is 3. The number of aromatic nitrogens is 1. The zero-order valence-corrected chi connectivity index (χ0v) is 45.2. The van der Waals surface area contributed by atoms with Crippen LogP contribution in [0, 0.1) is 17.0 Å². The van der Waals surface area contributed by atoms with Gasteiger partial charge in [0.2, 0.25) is 0 Å². The van der Waals surface area contributed by atoms with Gasteiger partial charge in [0.1, 0.15) is 38.0 Å². The number of benzene rings is 3. The van der Waals surface area contributed by atoms with Gasteiger partial charge >= 0.3 is 23.9 Å². The van der Waals surface area contributed by atoms with Crippen LogP contribution in [0.25, 0.3) is 0 Å². The summed E-state index contributed by atoms with van der Waals surface area (Å²) in [5, 5.41) is 27.7. The van der Waals surface area contributed by atoms with Gasteiger partial charge in [-0.1, -0.05) is 89.9 Å². The molecule has 2 unspecified atom stereocenters. The van der Waals surface area contributed by atoms with E-state index in [1.165, 1.54) is 49.3 Å². The van der Waals surface area contributed by atoms with Crippen LogP contribution in [0.15, 0.2) is 116 Å². The number of hydrogen-bond acceptors (Lipinski definition) is 16. The maximum absolute atomic E-state index is 13.6. The van der Waals surface area contributed by atoms with E-state index in [1.807, 2.05) is 73.8 Å². The normalized spacial score (nSPS) is 16.1. The van der Waals surface area contributed by atoms with Crippen LogP contribution in [-0.2, 0) is 43.3 Å². The lowest BCUT2D eigenvalue weighted by molar-refractivity contribution is -0.605. The zero-order chi connectivity index (χ0) is 53.4. The number of thiophene rings is 2. The molecule has 0 spiro atoms. The molecule has 0 radical (unpaired) electrons. The Balaban J connectivity index is 0.000000264. The van der Waals surface area contributed by atoms with Crippen LogP contribution < -0.4 is 24.8 Å². The van der Waals surface area contributed by atoms with Crippen LogP contribution in [0.5, 0.6) is 11.5 Å². The maximum Gasteiger partial charge on any atom is 0.348 e. The molecule has 0 bridgehead atoms. The topological polar surface area (TPSA) is 192 Å². The molecule has 398 valence electrons. The average Bonchev–Trinajstić information content (AvgIpc) is 4.09. The van der Waals surface area contributed by atoms with E-state index < -0.39 is 30.1 Å². The van der Waals surface area contributed by atoms with Gasteiger partial charge in [-0.25, -0.2) is 19.2 Å². The minimum Gasteiger partial charge on any atom is -0.619 e. The predicted octanol–water partition coefficient (Wildman–Crippen LogP) is 8.94. The van der Waals surface area contributed by atoms with Crippen LogP contribution in [-0.4, -0.2) is 106 Å². The molecule has 6 aromatic rings. The fourth-order valence-corrected chi connectivity index (χ4v) is 11.1. The Morgan fingerprint density at radius 1 is 0.707 bits per heavy atom. The van der Waals surface area contributed by atoms with Crippen molar-refractivity contribution in [2.24, 2.45) is 11.8 Å². The number of likely N-dealkylation sites (tertiary alicyclic amines) is 2. The van der Waals surface area contributed by atoms with Crippen molar-refractivity contribution in [3.05, 3.63) is 173 Å². The molecule has 2 saturated heterocycles. The number of carbonyl (C=O) groups excluding carboxylic acids is 3. The standard InChI is InChI=1S/C36H39Cl2N3O7S.C19H22N2O4S/c1-40-15-7-8-23(19-40)22-47-36(43)34(24-9-5-4-6-10-24)39-18-26-12-14-33(49-26)35(42)48-31(17-27-28(37)20-41(44)21-29(27)38)25-11-13-30(45-2)32(16-25)46-3;1-21-10-13(11-21)12-25-19(24)17(14-5-3-2-4-6-14)20-9-15-7-8-16(26-15)18(22)23/h4-6,9-14,16,20-21,23,31,34,39H,7-8,15,17-19,22H2,1-3H3;2-8,13,17,20H,9-12H2,1H3,(H,22,23)/t23-,31-,34?;/m0./s1. The number of piperidine rings is 1. The largest absolute Gasteiger partial charge is 0.619 e. The van der Waals surface area contributed by atoms with Crippen molar-refractivity contribution in [3.63, 3.8) is 0 Å². The van der Waals surface area contributed by atoms with Gasteiger partial charge < -0.3 is 43.8 Å². The molecule has 8 rings (SSSR count). The Morgan fingerprint density at radius 2 is 1.24 bits per heavy atom. The third-order valence-corrected chi connectivity index (χ3v) is 15.5. The number of carbonyl (C=O) groups is 4. The number of methoxy groups -OCH3 is 2. The molecular weight excluding hydrogens is 1040 g/mol. The molecule has 75 heavy (non-hydrogen) atoms. The second kappa shape index (κ2) is 27.6. The van der Waals surface area contributed by atoms with Gasteiger partial charge in [-0.15, -0.1) is 22.7 Å². The SMILES string of the molecule is CN1CC(COC(=O)C(NCc2ccc(C(=O)O)s2)c2ccccc2)C1.COc1ccc([C@H](Cc2c(Cl)c[n+]([O-])cc2Cl)OC(=O)c2ccc(CNC(C(=O)OC[C@H]3CCCN(C)C3)c3ccccc3)s2)cc1OC. The summed E-state index contributed by atoms with van der Waals surface area (Å²) in [5.74, 6) is -0.476. The number of carboxylic acid groups (broad SMARTS) is 1. The lowest BCUT2D eigenvalue weighted by Crippen LogP contribution is -2.46. The number of aromatic carboxylic acids is 1. The van der Waals surface area contributed by atoms with Crippen LogP contribution in [0.1, 0.15) is 82.4 Å². The van der Waals surface area contributed by atoms with Crippen molar-refractivity contribution in [2.45, 2.75) is 50.5 Å². The number of halogens is 2. The Kier molecular flexibility index (Phi) is 20.9. The fourth-order valence-electron chi connectivity index (χ4n) is 8.83. The summed E-state index contributed by atoms with van der Waals surface area (Å²) in [6.45, 7) is 5.39. The molecule has 2 fully saturated rings. The number of carboxylic acids is 1. The lowest BCUT2D eigenvalue weighted by atomic mass is 9.99. The number of esters is 3. The van der Waals surface area contributed by atoms with Gasteiger partial charge in [0.05, 0.1) is 27.4 Å². The van der Waals surface area contributed by atoms with Gasteiger partial charge in [-0.2, -0.15) is 4.73 Å². The number of hydrogen-bond donors (Lipinski definition) is 3. The highest BCUT2D eigenvalue weighted by atomic mass is 35.5. The smallest absolute Gasteiger partial charge is 0.348 e. The monoisotopic (exact) mass is 1100 g/mol. The summed E-state index contributed by atoms with van der Waals surface area (Å²) in [7, 11) is 7.17. The first kappa shape index (κ1) is 56.6. The molecular formula is C55H61Cl2N5O11S2. The van der Waals surface area contributed by atoms with Crippen LogP contribution >= 0.6 is 45.9 Å². The molecule has 20 heteroatoms. The third-order valence-electron chi connectivity index (χ3n) is 12.7. The second-order valence-corrected chi connectivity index (χ2v) is 21.6. The number of ether oxygens (including phenoxy) is 5. The van der Waals surface area contributed by atoms with Crippen molar-refractivity contribution in [1.29, 1.82) is 0 Å². The van der Waals surface area contributed by atoms with Crippen molar-refractivity contribution in [1.82, 2.24) is 20.4 Å². The molecule has 3 N–H and O–H groups in total. The van der Waals surface area contributed by atoms with Crippen LogP contribution in [0.3, 0.4) is 0 Å². The highest BCUT2D eigenvalue weighted by molar-refractivity contribution is 7.14. The van der Waals surface area contributed by atoms with Crippen molar-refractivity contribution >= 4 is 69.8 Å². The van der Waals surface area contributed by atoms with Crippen molar-refractivity contribution in [3.8, 4) is 11.5 Å². The van der Waals surface area contributed by atoms with Crippen LogP contribution in [0.2, 0.25) is 10.0 Å². The molecule has 4 atom stereocenters. The molecule has 0 aliphatic carbocycles. The van der Waals surface area contributed by atoms with E-state index in [0.29, 0.717) is 70.4 Å². The summed E-state index contributed by atoms with van der Waals surface area (Å²) >= 11 is 15.2. The highest BCUT2D eigenvalue weighted by Crippen LogP contribution is 2.36. The second-order valence-electron chi connectivity index (χ2n) is 18.4. The summed E-state index contributed by atoms with van der Waals surface area (Å²) in [4.78, 5) is 57.3. The molecule has 16 nitrogen and oxygen atoms in total.